The van der Waals surface area contributed by atoms with Crippen LogP contribution in [0.2, 0.25) is 0 Å². The Labute approximate surface area is 146 Å². The van der Waals surface area contributed by atoms with Crippen LogP contribution in [0, 0.1) is 11.5 Å². The molecule has 1 N–H and O–H groups in total. The minimum absolute atomic E-state index is 0.125. The molecule has 0 radical (unpaired) electrons. The van der Waals surface area contributed by atoms with E-state index in [0.29, 0.717) is 12.3 Å². The number of hydrogen-bond donors (Lipinski definition) is 1. The van der Waals surface area contributed by atoms with Gasteiger partial charge in [-0.15, -0.1) is 0 Å². The van der Waals surface area contributed by atoms with Gasteiger partial charge in [0, 0.05) is 18.0 Å². The molecule has 1 unspecified atom stereocenters. The van der Waals surface area contributed by atoms with E-state index in [2.05, 4.69) is 46.7 Å². The van der Waals surface area contributed by atoms with Crippen LogP contribution < -0.4 is 5.32 Å². The first-order chi connectivity index (χ1) is 12.3. The number of nitrogens with zero attached hydrogens (tertiary/aromatic N) is 3. The predicted octanol–water partition coefficient (Wildman–Crippen LogP) is 3.93. The number of nitrogens with one attached hydrogen (secondary N) is 1. The fourth-order valence-electron chi connectivity index (χ4n) is 3.55. The standard InChI is InChI=1S/C21H18N4/c22-14-24-21(25-20-11-10-15-5-1-2-7-17(15)20)13-16-6-3-9-19-18(16)8-4-12-23-19/h1-9,12,20H,10-11,13H2,(H,24,25). The Morgan fingerprint density at radius 2 is 2.08 bits per heavy atom. The summed E-state index contributed by atoms with van der Waals surface area (Å²) in [5.74, 6) is 0.709. The van der Waals surface area contributed by atoms with Gasteiger partial charge in [0.2, 0.25) is 0 Å². The summed E-state index contributed by atoms with van der Waals surface area (Å²) < 4.78 is 0. The Morgan fingerprint density at radius 1 is 1.16 bits per heavy atom. The largest absolute Gasteiger partial charge is 0.280 e. The second-order valence-corrected chi connectivity index (χ2v) is 6.23. The molecule has 1 aromatic heterocycles. The average Bonchev–Trinajstić information content (AvgIpc) is 3.05. The number of fused-ring (bicyclic) bond motifs is 2. The van der Waals surface area contributed by atoms with Crippen LogP contribution in [0.1, 0.15) is 29.2 Å². The molecule has 4 heteroatoms. The minimum atomic E-state index is 0.125. The number of aromatic nitrogens is 1. The quantitative estimate of drug-likeness (QED) is 0.343. The molecule has 0 spiro atoms. The number of benzene rings is 2. The average molecular weight is 326 g/mol. The number of hydrogen-bond acceptors (Lipinski definition) is 3. The zero-order valence-corrected chi connectivity index (χ0v) is 13.8. The highest BCUT2D eigenvalue weighted by atomic mass is 15.0. The lowest BCUT2D eigenvalue weighted by Gasteiger charge is -2.11. The number of nitriles is 1. The predicted molar refractivity (Wildman–Crippen MR) is 99.1 cm³/mol. The van der Waals surface area contributed by atoms with Crippen molar-refractivity contribution in [3.05, 3.63) is 77.5 Å². The van der Waals surface area contributed by atoms with Crippen molar-refractivity contribution in [3.8, 4) is 6.19 Å². The van der Waals surface area contributed by atoms with E-state index in [1.54, 1.807) is 6.20 Å². The van der Waals surface area contributed by atoms with Crippen LogP contribution in [0.15, 0.2) is 65.8 Å². The molecule has 0 saturated carbocycles. The van der Waals surface area contributed by atoms with Gasteiger partial charge in [-0.2, -0.15) is 5.26 Å². The Bertz CT molecular complexity index is 979. The van der Waals surface area contributed by atoms with Gasteiger partial charge >= 0.3 is 0 Å². The van der Waals surface area contributed by atoms with Crippen LogP contribution in [0.3, 0.4) is 0 Å². The molecule has 0 fully saturated rings. The number of pyridine rings is 1. The number of amidine groups is 1. The molecule has 4 rings (SSSR count). The van der Waals surface area contributed by atoms with E-state index in [1.807, 2.05) is 24.4 Å². The summed E-state index contributed by atoms with van der Waals surface area (Å²) in [4.78, 5) is 9.27. The molecule has 1 atom stereocenters. The molecule has 1 heterocycles. The highest BCUT2D eigenvalue weighted by Gasteiger charge is 2.21. The Kier molecular flexibility index (Phi) is 4.14. The van der Waals surface area contributed by atoms with Crippen LogP contribution >= 0.6 is 0 Å². The van der Waals surface area contributed by atoms with Gasteiger partial charge in [-0.25, -0.2) is 0 Å². The fourth-order valence-corrected chi connectivity index (χ4v) is 3.55. The highest BCUT2D eigenvalue weighted by molar-refractivity contribution is 5.91. The molecule has 2 aromatic carbocycles. The lowest BCUT2D eigenvalue weighted by Crippen LogP contribution is -2.21. The molecule has 1 aliphatic rings. The Morgan fingerprint density at radius 3 is 3.00 bits per heavy atom. The van der Waals surface area contributed by atoms with E-state index in [1.165, 1.54) is 11.1 Å². The second kappa shape index (κ2) is 6.74. The Hall–Kier alpha value is -3.19. The van der Waals surface area contributed by atoms with Crippen LogP contribution in [0.25, 0.3) is 10.9 Å². The lowest BCUT2D eigenvalue weighted by atomic mass is 10.0. The van der Waals surface area contributed by atoms with E-state index in [0.717, 1.165) is 29.3 Å². The lowest BCUT2D eigenvalue weighted by molar-refractivity contribution is 0.710. The molecule has 25 heavy (non-hydrogen) atoms. The van der Waals surface area contributed by atoms with Crippen LogP contribution in [0.4, 0.5) is 0 Å². The normalized spacial score (nSPS) is 16.4. The summed E-state index contributed by atoms with van der Waals surface area (Å²) >= 11 is 0. The topological polar surface area (TPSA) is 61.1 Å². The SMILES string of the molecule is N#CNC(Cc1cccc2ncccc12)=NC1CCc2ccccc21. The molecule has 3 aromatic rings. The third-order valence-electron chi connectivity index (χ3n) is 4.71. The molecular formula is C21H18N4. The van der Waals surface area contributed by atoms with Gasteiger partial charge in [0.1, 0.15) is 5.84 Å². The first-order valence-corrected chi connectivity index (χ1v) is 8.47. The van der Waals surface area contributed by atoms with Crippen molar-refractivity contribution in [3.63, 3.8) is 0 Å². The second-order valence-electron chi connectivity index (χ2n) is 6.23. The van der Waals surface area contributed by atoms with Gasteiger partial charge in [-0.3, -0.25) is 15.3 Å². The summed E-state index contributed by atoms with van der Waals surface area (Å²) in [5, 5.41) is 13.0. The van der Waals surface area contributed by atoms with Gasteiger partial charge in [-0.1, -0.05) is 42.5 Å². The first-order valence-electron chi connectivity index (χ1n) is 8.47. The Balaban J connectivity index is 1.67. The zero-order chi connectivity index (χ0) is 17.1. The minimum Gasteiger partial charge on any atom is -0.280 e. The number of rotatable bonds is 3. The summed E-state index contributed by atoms with van der Waals surface area (Å²) in [6.07, 6.45) is 6.46. The van der Waals surface area contributed by atoms with Crippen molar-refractivity contribution < 1.29 is 0 Å². The fraction of sp³-hybridized carbons (Fsp3) is 0.190. The van der Waals surface area contributed by atoms with Crippen LogP contribution in [-0.2, 0) is 12.8 Å². The van der Waals surface area contributed by atoms with Gasteiger partial charge in [-0.05, 0) is 41.7 Å². The monoisotopic (exact) mass is 326 g/mol. The molecule has 0 aliphatic heterocycles. The van der Waals surface area contributed by atoms with Crippen molar-refractivity contribution in [2.75, 3.05) is 0 Å². The van der Waals surface area contributed by atoms with Gasteiger partial charge in [0.25, 0.3) is 0 Å². The van der Waals surface area contributed by atoms with Gasteiger partial charge in [0.05, 0.1) is 11.6 Å². The van der Waals surface area contributed by atoms with Crippen LogP contribution in [-0.4, -0.2) is 10.8 Å². The smallest absolute Gasteiger partial charge is 0.182 e. The van der Waals surface area contributed by atoms with Crippen molar-refractivity contribution in [1.82, 2.24) is 10.3 Å². The molecule has 0 amide bonds. The van der Waals surface area contributed by atoms with E-state index >= 15 is 0 Å². The highest BCUT2D eigenvalue weighted by Crippen LogP contribution is 2.34. The van der Waals surface area contributed by atoms with Crippen molar-refractivity contribution >= 4 is 16.7 Å². The summed E-state index contributed by atoms with van der Waals surface area (Å²) in [6, 6.07) is 18.6. The molecule has 0 saturated heterocycles. The van der Waals surface area contributed by atoms with E-state index in [4.69, 9.17) is 10.3 Å². The summed E-state index contributed by atoms with van der Waals surface area (Å²) in [5.41, 5.74) is 4.72. The third kappa shape index (κ3) is 3.09. The molecule has 1 aliphatic carbocycles. The first kappa shape index (κ1) is 15.3. The molecule has 0 bridgehead atoms. The van der Waals surface area contributed by atoms with Gasteiger partial charge in [0.15, 0.2) is 6.19 Å². The van der Waals surface area contributed by atoms with Crippen molar-refractivity contribution in [2.24, 2.45) is 4.99 Å². The van der Waals surface area contributed by atoms with Crippen molar-refractivity contribution in [2.45, 2.75) is 25.3 Å². The number of aliphatic imine (C=N–C) groups is 1. The maximum Gasteiger partial charge on any atom is 0.182 e. The molecule has 122 valence electrons. The van der Waals surface area contributed by atoms with E-state index in [-0.39, 0.29) is 6.04 Å². The zero-order valence-electron chi connectivity index (χ0n) is 13.8. The molecule has 4 nitrogen and oxygen atoms in total. The van der Waals surface area contributed by atoms with Crippen LogP contribution in [0.5, 0.6) is 0 Å². The van der Waals surface area contributed by atoms with E-state index in [9.17, 15) is 0 Å². The number of aryl methyl sites for hydroxylation is 1. The summed E-state index contributed by atoms with van der Waals surface area (Å²) in [7, 11) is 0. The third-order valence-corrected chi connectivity index (χ3v) is 4.71. The summed E-state index contributed by atoms with van der Waals surface area (Å²) in [6.45, 7) is 0. The van der Waals surface area contributed by atoms with E-state index < -0.39 is 0 Å². The maximum absolute atomic E-state index is 9.14. The maximum atomic E-state index is 9.14. The molecular weight excluding hydrogens is 308 g/mol. The van der Waals surface area contributed by atoms with Gasteiger partial charge < -0.3 is 0 Å². The van der Waals surface area contributed by atoms with Crippen molar-refractivity contribution in [1.29, 1.82) is 5.26 Å².